The van der Waals surface area contributed by atoms with E-state index in [1.807, 2.05) is 6.92 Å². The Morgan fingerprint density at radius 1 is 1.28 bits per heavy atom. The number of unbranched alkanes of at least 4 members (excludes halogenated alkanes) is 1. The molecule has 0 aliphatic heterocycles. The molecule has 0 aliphatic rings. The van der Waals surface area contributed by atoms with E-state index >= 15 is 0 Å². The molecule has 1 atom stereocenters. The number of hydrogen-bond donors (Lipinski definition) is 3. The summed E-state index contributed by atoms with van der Waals surface area (Å²) in [4.78, 5) is 22.4. The molecule has 0 aliphatic carbocycles. The molecule has 106 valence electrons. The van der Waals surface area contributed by atoms with Gasteiger partial charge in [-0.05, 0) is 19.4 Å². The van der Waals surface area contributed by atoms with E-state index in [1.165, 1.54) is 0 Å². The highest BCUT2D eigenvalue weighted by atomic mass is 16.5. The lowest BCUT2D eigenvalue weighted by Gasteiger charge is -2.14. The highest BCUT2D eigenvalue weighted by molar-refractivity contribution is 5.84. The number of hydrogen-bond acceptors (Lipinski definition) is 4. The lowest BCUT2D eigenvalue weighted by atomic mass is 10.2. The standard InChI is InChI=1S/C12H24N2O4/c1-3-4-6-14-11(15)9-10(12(16)17)13-7-5-8-18-2/h10,13H,3-9H2,1-2H3,(H,14,15)(H,16,17)/t10-/m0/s1. The van der Waals surface area contributed by atoms with Gasteiger partial charge in [0, 0.05) is 20.3 Å². The Hall–Kier alpha value is -1.14. The molecule has 0 saturated carbocycles. The highest BCUT2D eigenvalue weighted by Crippen LogP contribution is 1.94. The lowest BCUT2D eigenvalue weighted by Crippen LogP contribution is -2.42. The maximum absolute atomic E-state index is 11.5. The Bertz CT molecular complexity index is 246. The zero-order chi connectivity index (χ0) is 13.8. The predicted molar refractivity (Wildman–Crippen MR) is 68.5 cm³/mol. The lowest BCUT2D eigenvalue weighted by molar-refractivity contribution is -0.141. The van der Waals surface area contributed by atoms with E-state index < -0.39 is 12.0 Å². The van der Waals surface area contributed by atoms with Gasteiger partial charge < -0.3 is 20.5 Å². The van der Waals surface area contributed by atoms with Crippen molar-refractivity contribution in [2.75, 3.05) is 26.8 Å². The van der Waals surface area contributed by atoms with Gasteiger partial charge >= 0.3 is 5.97 Å². The molecule has 0 radical (unpaired) electrons. The summed E-state index contributed by atoms with van der Waals surface area (Å²) in [5.41, 5.74) is 0. The maximum Gasteiger partial charge on any atom is 0.321 e. The van der Waals surface area contributed by atoms with Gasteiger partial charge in [0.2, 0.25) is 5.91 Å². The van der Waals surface area contributed by atoms with E-state index in [0.717, 1.165) is 19.3 Å². The molecule has 18 heavy (non-hydrogen) atoms. The van der Waals surface area contributed by atoms with Gasteiger partial charge in [0.05, 0.1) is 6.42 Å². The van der Waals surface area contributed by atoms with Crippen molar-refractivity contribution in [3.63, 3.8) is 0 Å². The van der Waals surface area contributed by atoms with E-state index in [1.54, 1.807) is 7.11 Å². The number of carboxylic acid groups (broad SMARTS) is 1. The first-order valence-corrected chi connectivity index (χ1v) is 6.33. The summed E-state index contributed by atoms with van der Waals surface area (Å²) in [6.07, 6.45) is 2.59. The van der Waals surface area contributed by atoms with Crippen LogP contribution in [-0.2, 0) is 14.3 Å². The fraction of sp³-hybridized carbons (Fsp3) is 0.833. The molecule has 0 aromatic carbocycles. The third-order valence-corrected chi connectivity index (χ3v) is 2.46. The Kier molecular flexibility index (Phi) is 10.3. The molecule has 0 rings (SSSR count). The van der Waals surface area contributed by atoms with Gasteiger partial charge in [0.1, 0.15) is 6.04 Å². The average molecular weight is 260 g/mol. The van der Waals surface area contributed by atoms with E-state index in [9.17, 15) is 9.59 Å². The van der Waals surface area contributed by atoms with Crippen molar-refractivity contribution in [3.05, 3.63) is 0 Å². The smallest absolute Gasteiger partial charge is 0.321 e. The quantitative estimate of drug-likeness (QED) is 0.467. The van der Waals surface area contributed by atoms with Crippen LogP contribution in [0.25, 0.3) is 0 Å². The summed E-state index contributed by atoms with van der Waals surface area (Å²) >= 11 is 0. The predicted octanol–water partition coefficient (Wildman–Crippen LogP) is 0.372. The Labute approximate surface area is 108 Å². The summed E-state index contributed by atoms with van der Waals surface area (Å²) < 4.78 is 4.86. The monoisotopic (exact) mass is 260 g/mol. The highest BCUT2D eigenvalue weighted by Gasteiger charge is 2.19. The first-order chi connectivity index (χ1) is 8.61. The molecule has 0 spiro atoms. The fourth-order valence-corrected chi connectivity index (χ4v) is 1.40. The molecule has 0 heterocycles. The van der Waals surface area contributed by atoms with Crippen molar-refractivity contribution in [3.8, 4) is 0 Å². The van der Waals surface area contributed by atoms with Crippen molar-refractivity contribution >= 4 is 11.9 Å². The summed E-state index contributed by atoms with van der Waals surface area (Å²) in [7, 11) is 1.59. The number of carboxylic acids is 1. The van der Waals surface area contributed by atoms with Crippen LogP contribution < -0.4 is 10.6 Å². The minimum absolute atomic E-state index is 0.0357. The molecule has 3 N–H and O–H groups in total. The zero-order valence-corrected chi connectivity index (χ0v) is 11.2. The van der Waals surface area contributed by atoms with Crippen LogP contribution in [0.5, 0.6) is 0 Å². The normalized spacial score (nSPS) is 12.1. The second-order valence-electron chi connectivity index (χ2n) is 4.10. The third kappa shape index (κ3) is 8.95. The first kappa shape index (κ1) is 16.9. The summed E-state index contributed by atoms with van der Waals surface area (Å²) in [6, 6.07) is -0.830. The second-order valence-corrected chi connectivity index (χ2v) is 4.10. The summed E-state index contributed by atoms with van der Waals surface area (Å²) in [5.74, 6) is -1.23. The fourth-order valence-electron chi connectivity index (χ4n) is 1.40. The Balaban J connectivity index is 3.88. The number of aliphatic carboxylic acids is 1. The molecular formula is C12H24N2O4. The van der Waals surface area contributed by atoms with Crippen molar-refractivity contribution < 1.29 is 19.4 Å². The van der Waals surface area contributed by atoms with Crippen LogP contribution in [0.15, 0.2) is 0 Å². The molecule has 0 fully saturated rings. The number of carbonyl (C=O) groups excluding carboxylic acids is 1. The van der Waals surface area contributed by atoms with E-state index in [0.29, 0.717) is 19.7 Å². The largest absolute Gasteiger partial charge is 0.480 e. The first-order valence-electron chi connectivity index (χ1n) is 6.33. The Morgan fingerprint density at radius 2 is 2.00 bits per heavy atom. The summed E-state index contributed by atoms with van der Waals surface area (Å²) in [6.45, 7) is 3.73. The van der Waals surface area contributed by atoms with Gasteiger partial charge in [-0.25, -0.2) is 0 Å². The van der Waals surface area contributed by atoms with Gasteiger partial charge in [-0.3, -0.25) is 9.59 Å². The van der Waals surface area contributed by atoms with Crippen LogP contribution in [0, 0.1) is 0 Å². The maximum atomic E-state index is 11.5. The van der Waals surface area contributed by atoms with E-state index in [2.05, 4.69) is 10.6 Å². The molecule has 6 heteroatoms. The number of rotatable bonds is 11. The van der Waals surface area contributed by atoms with Crippen LogP contribution in [0.1, 0.15) is 32.6 Å². The van der Waals surface area contributed by atoms with Gasteiger partial charge in [-0.15, -0.1) is 0 Å². The van der Waals surface area contributed by atoms with Gasteiger partial charge in [-0.2, -0.15) is 0 Å². The van der Waals surface area contributed by atoms with Crippen LogP contribution in [-0.4, -0.2) is 49.8 Å². The SMILES string of the molecule is CCCCNC(=O)C[C@H](NCCCOC)C(=O)O. The minimum atomic E-state index is -1.00. The molecule has 0 saturated heterocycles. The number of amides is 1. The average Bonchev–Trinajstić information content (AvgIpc) is 2.33. The Morgan fingerprint density at radius 3 is 2.56 bits per heavy atom. The van der Waals surface area contributed by atoms with Gasteiger partial charge in [0.25, 0.3) is 0 Å². The molecule has 0 aromatic heterocycles. The van der Waals surface area contributed by atoms with Crippen molar-refractivity contribution in [2.45, 2.75) is 38.6 Å². The zero-order valence-electron chi connectivity index (χ0n) is 11.2. The van der Waals surface area contributed by atoms with Crippen LogP contribution >= 0.6 is 0 Å². The van der Waals surface area contributed by atoms with Crippen LogP contribution in [0.3, 0.4) is 0 Å². The number of carbonyl (C=O) groups is 2. The van der Waals surface area contributed by atoms with E-state index in [4.69, 9.17) is 9.84 Å². The van der Waals surface area contributed by atoms with Crippen molar-refractivity contribution in [1.29, 1.82) is 0 Å². The minimum Gasteiger partial charge on any atom is -0.480 e. The summed E-state index contributed by atoms with van der Waals surface area (Å²) in [5, 5.41) is 14.5. The number of nitrogens with one attached hydrogen (secondary N) is 2. The molecule has 1 amide bonds. The van der Waals surface area contributed by atoms with Gasteiger partial charge in [0.15, 0.2) is 0 Å². The third-order valence-electron chi connectivity index (χ3n) is 2.46. The van der Waals surface area contributed by atoms with Crippen LogP contribution in [0.4, 0.5) is 0 Å². The molecule has 0 bridgehead atoms. The molecule has 0 aromatic rings. The number of ether oxygens (including phenoxy) is 1. The molecular weight excluding hydrogens is 236 g/mol. The second kappa shape index (κ2) is 11.0. The van der Waals surface area contributed by atoms with E-state index in [-0.39, 0.29) is 12.3 Å². The van der Waals surface area contributed by atoms with Crippen molar-refractivity contribution in [2.24, 2.45) is 0 Å². The van der Waals surface area contributed by atoms with Crippen LogP contribution in [0.2, 0.25) is 0 Å². The molecule has 0 unspecified atom stereocenters. The van der Waals surface area contributed by atoms with Crippen molar-refractivity contribution in [1.82, 2.24) is 10.6 Å². The molecule has 6 nitrogen and oxygen atoms in total. The van der Waals surface area contributed by atoms with Gasteiger partial charge in [-0.1, -0.05) is 13.3 Å². The topological polar surface area (TPSA) is 87.7 Å². The number of methoxy groups -OCH3 is 1.